The molecule has 0 atom stereocenters. The van der Waals surface area contributed by atoms with Crippen molar-refractivity contribution in [3.05, 3.63) is 11.8 Å². The highest BCUT2D eigenvalue weighted by atomic mass is 16.4. The lowest BCUT2D eigenvalue weighted by atomic mass is 10.0. The van der Waals surface area contributed by atoms with Crippen molar-refractivity contribution in [3.63, 3.8) is 0 Å². The molecule has 2 N–H and O–H groups in total. The molecule has 0 aromatic heterocycles. The summed E-state index contributed by atoms with van der Waals surface area (Å²) >= 11 is 0. The first-order valence-corrected chi connectivity index (χ1v) is 11.8. The summed E-state index contributed by atoms with van der Waals surface area (Å²) in [6.07, 6.45) is 26.2. The summed E-state index contributed by atoms with van der Waals surface area (Å²) in [5.74, 6) is -0.623. The minimum atomic E-state index is -0.854. The largest absolute Gasteiger partial charge is 0.513 e. The molecule has 0 fully saturated rings. The number of allylic oxidation sites excluding steroid dienone is 2. The molecule has 160 valence electrons. The van der Waals surface area contributed by atoms with Gasteiger partial charge in [-0.1, -0.05) is 110 Å². The first-order chi connectivity index (χ1) is 13.2. The zero-order chi connectivity index (χ0) is 20.0. The Morgan fingerprint density at radius 2 is 0.963 bits per heavy atom. The van der Waals surface area contributed by atoms with E-state index in [1.807, 2.05) is 0 Å². The summed E-state index contributed by atoms with van der Waals surface area (Å²) in [5.41, 5.74) is 0. The minimum Gasteiger partial charge on any atom is -0.513 e. The van der Waals surface area contributed by atoms with E-state index in [2.05, 4.69) is 6.92 Å². The van der Waals surface area contributed by atoms with Gasteiger partial charge in [0.05, 0.1) is 12.2 Å². The Balaban J connectivity index is 3.14. The van der Waals surface area contributed by atoms with Crippen LogP contribution in [0.2, 0.25) is 0 Å². The first kappa shape index (κ1) is 26.0. The number of carboxylic acid groups (broad SMARTS) is 1. The molecule has 0 bridgehead atoms. The fourth-order valence-electron chi connectivity index (χ4n) is 3.47. The van der Waals surface area contributed by atoms with Crippen LogP contribution in [0.4, 0.5) is 0 Å². The highest BCUT2D eigenvalue weighted by molar-refractivity contribution is 5.66. The molecule has 0 heterocycles. The number of aliphatic hydroxyl groups is 1. The normalized spacial score (nSPS) is 11.8. The quantitative estimate of drug-likeness (QED) is 0.155. The van der Waals surface area contributed by atoms with Crippen LogP contribution in [-0.2, 0) is 4.79 Å². The molecule has 0 rings (SSSR count). The Kier molecular flexibility index (Phi) is 20.5. The lowest BCUT2D eigenvalue weighted by molar-refractivity contribution is -0.137. The first-order valence-electron chi connectivity index (χ1n) is 11.8. The lowest BCUT2D eigenvalue weighted by Gasteiger charge is -2.03. The van der Waals surface area contributed by atoms with Gasteiger partial charge in [0.2, 0.25) is 0 Å². The Labute approximate surface area is 168 Å². The van der Waals surface area contributed by atoms with Crippen LogP contribution in [0.3, 0.4) is 0 Å². The predicted octanol–water partition coefficient (Wildman–Crippen LogP) is 8.33. The van der Waals surface area contributed by atoms with E-state index < -0.39 is 5.97 Å². The standard InChI is InChI=1S/C24H46O3/c1-2-3-4-5-6-7-8-9-10-11-12-13-14-15-16-17-18-19-20-23(25)21-22-24(26)27/h20,25H,2-19,21-22H2,1H3,(H,26,27). The van der Waals surface area contributed by atoms with Crippen LogP contribution in [0.1, 0.15) is 135 Å². The van der Waals surface area contributed by atoms with Crippen molar-refractivity contribution in [3.8, 4) is 0 Å². The van der Waals surface area contributed by atoms with E-state index in [-0.39, 0.29) is 18.6 Å². The van der Waals surface area contributed by atoms with E-state index in [1.54, 1.807) is 6.08 Å². The van der Waals surface area contributed by atoms with E-state index in [1.165, 1.54) is 103 Å². The molecule has 0 radical (unpaired) electrons. The Morgan fingerprint density at radius 3 is 1.33 bits per heavy atom. The fourth-order valence-corrected chi connectivity index (χ4v) is 3.47. The number of carbonyl (C=O) groups is 1. The van der Waals surface area contributed by atoms with Crippen molar-refractivity contribution >= 4 is 5.97 Å². The van der Waals surface area contributed by atoms with E-state index in [9.17, 15) is 9.90 Å². The zero-order valence-corrected chi connectivity index (χ0v) is 18.0. The molecular weight excluding hydrogens is 336 g/mol. The molecule has 0 spiro atoms. The third kappa shape index (κ3) is 23.0. The van der Waals surface area contributed by atoms with Gasteiger partial charge >= 0.3 is 5.97 Å². The maximum Gasteiger partial charge on any atom is 0.303 e. The molecule has 0 aliphatic carbocycles. The fraction of sp³-hybridized carbons (Fsp3) is 0.875. The maximum atomic E-state index is 10.4. The van der Waals surface area contributed by atoms with Gasteiger partial charge in [-0.2, -0.15) is 0 Å². The van der Waals surface area contributed by atoms with Crippen molar-refractivity contribution in [1.82, 2.24) is 0 Å². The van der Waals surface area contributed by atoms with Crippen LogP contribution in [-0.4, -0.2) is 16.2 Å². The van der Waals surface area contributed by atoms with Crippen LogP contribution in [0, 0.1) is 0 Å². The second kappa shape index (κ2) is 21.3. The van der Waals surface area contributed by atoms with Crippen molar-refractivity contribution in [1.29, 1.82) is 0 Å². The van der Waals surface area contributed by atoms with Gasteiger partial charge in [0, 0.05) is 6.42 Å². The summed E-state index contributed by atoms with van der Waals surface area (Å²) in [6, 6.07) is 0. The Hall–Kier alpha value is -0.990. The van der Waals surface area contributed by atoms with Gasteiger partial charge < -0.3 is 10.2 Å². The maximum absolute atomic E-state index is 10.4. The summed E-state index contributed by atoms with van der Waals surface area (Å²) in [7, 11) is 0. The molecule has 27 heavy (non-hydrogen) atoms. The molecule has 0 unspecified atom stereocenters. The summed E-state index contributed by atoms with van der Waals surface area (Å²) < 4.78 is 0. The number of carboxylic acids is 1. The monoisotopic (exact) mass is 382 g/mol. The smallest absolute Gasteiger partial charge is 0.303 e. The van der Waals surface area contributed by atoms with Crippen molar-refractivity contribution in [2.75, 3.05) is 0 Å². The summed E-state index contributed by atoms with van der Waals surface area (Å²) in [6.45, 7) is 2.28. The van der Waals surface area contributed by atoms with Gasteiger partial charge in [-0.25, -0.2) is 0 Å². The molecule has 0 saturated heterocycles. The molecule has 3 heteroatoms. The van der Waals surface area contributed by atoms with Crippen LogP contribution >= 0.6 is 0 Å². The average Bonchev–Trinajstić information content (AvgIpc) is 2.65. The van der Waals surface area contributed by atoms with Gasteiger partial charge in [-0.15, -0.1) is 0 Å². The molecule has 0 aromatic carbocycles. The zero-order valence-electron chi connectivity index (χ0n) is 18.0. The Morgan fingerprint density at radius 1 is 0.593 bits per heavy atom. The number of aliphatic carboxylic acids is 1. The van der Waals surface area contributed by atoms with Crippen LogP contribution in [0.5, 0.6) is 0 Å². The minimum absolute atomic E-state index is 0.0153. The van der Waals surface area contributed by atoms with E-state index in [0.717, 1.165) is 12.8 Å². The summed E-state index contributed by atoms with van der Waals surface area (Å²) in [4.78, 5) is 10.4. The van der Waals surface area contributed by atoms with Crippen LogP contribution < -0.4 is 0 Å². The van der Waals surface area contributed by atoms with E-state index >= 15 is 0 Å². The molecule has 0 amide bonds. The van der Waals surface area contributed by atoms with E-state index in [0.29, 0.717) is 0 Å². The topological polar surface area (TPSA) is 57.5 Å². The number of rotatable bonds is 21. The van der Waals surface area contributed by atoms with Crippen molar-refractivity contribution < 1.29 is 15.0 Å². The highest BCUT2D eigenvalue weighted by Crippen LogP contribution is 2.14. The van der Waals surface area contributed by atoms with Crippen LogP contribution in [0.25, 0.3) is 0 Å². The molecule has 3 nitrogen and oxygen atoms in total. The van der Waals surface area contributed by atoms with Gasteiger partial charge in [0.15, 0.2) is 0 Å². The van der Waals surface area contributed by atoms with E-state index in [4.69, 9.17) is 5.11 Å². The van der Waals surface area contributed by atoms with Crippen molar-refractivity contribution in [2.24, 2.45) is 0 Å². The SMILES string of the molecule is CCCCCCCCCCCCCCCCCCCC=C(O)CCC(=O)O. The van der Waals surface area contributed by atoms with Gasteiger partial charge in [-0.3, -0.25) is 4.79 Å². The molecule has 0 saturated carbocycles. The average molecular weight is 383 g/mol. The Bertz CT molecular complexity index is 350. The lowest BCUT2D eigenvalue weighted by Crippen LogP contribution is -1.95. The van der Waals surface area contributed by atoms with Crippen molar-refractivity contribution in [2.45, 2.75) is 135 Å². The number of hydrogen-bond donors (Lipinski definition) is 2. The van der Waals surface area contributed by atoms with Gasteiger partial charge in [0.25, 0.3) is 0 Å². The third-order valence-electron chi connectivity index (χ3n) is 5.28. The molecule has 0 aliphatic rings. The van der Waals surface area contributed by atoms with Gasteiger partial charge in [0.1, 0.15) is 0 Å². The number of aliphatic hydroxyl groups excluding tert-OH is 1. The highest BCUT2D eigenvalue weighted by Gasteiger charge is 1.99. The van der Waals surface area contributed by atoms with Crippen LogP contribution in [0.15, 0.2) is 11.8 Å². The number of unbranched alkanes of at least 4 members (excludes halogenated alkanes) is 17. The van der Waals surface area contributed by atoms with Gasteiger partial charge in [-0.05, 0) is 18.9 Å². The number of hydrogen-bond acceptors (Lipinski definition) is 2. The molecule has 0 aliphatic heterocycles. The third-order valence-corrected chi connectivity index (χ3v) is 5.28. The second-order valence-electron chi connectivity index (χ2n) is 8.03. The molecular formula is C24H46O3. The predicted molar refractivity (Wildman–Crippen MR) is 116 cm³/mol. The second-order valence-corrected chi connectivity index (χ2v) is 8.03. The molecule has 0 aromatic rings. The summed E-state index contributed by atoms with van der Waals surface area (Å²) in [5, 5.41) is 18.1.